The lowest BCUT2D eigenvalue weighted by molar-refractivity contribution is 0.186. The first-order chi connectivity index (χ1) is 12.0. The predicted octanol–water partition coefficient (Wildman–Crippen LogP) is 3.75. The molecule has 0 aliphatic carbocycles. The molecule has 1 aliphatic heterocycles. The van der Waals surface area contributed by atoms with Crippen LogP contribution in [0.5, 0.6) is 0 Å². The minimum absolute atomic E-state index is 0.137. The fraction of sp³-hybridized carbons (Fsp3) is 0.286. The number of benzene rings is 2. The summed E-state index contributed by atoms with van der Waals surface area (Å²) in [6.07, 6.45) is 5.58. The molecular formula is C21H24N4. The number of nitrogens with zero attached hydrogens (tertiary/aromatic N) is 3. The molecule has 0 fully saturated rings. The highest BCUT2D eigenvalue weighted by Crippen LogP contribution is 2.34. The van der Waals surface area contributed by atoms with Crippen molar-refractivity contribution >= 4 is 5.69 Å². The Kier molecular flexibility index (Phi) is 3.85. The van der Waals surface area contributed by atoms with Crippen molar-refractivity contribution in [2.24, 2.45) is 0 Å². The molecule has 0 amide bonds. The fourth-order valence-corrected chi connectivity index (χ4v) is 3.90. The number of rotatable bonds is 3. The van der Waals surface area contributed by atoms with Crippen LogP contribution in [0.3, 0.4) is 0 Å². The molecule has 0 spiro atoms. The number of fused-ring (bicyclic) bond motifs is 1. The molecule has 2 heterocycles. The Labute approximate surface area is 148 Å². The van der Waals surface area contributed by atoms with Gasteiger partial charge in [-0.25, -0.2) is 4.98 Å². The fourth-order valence-electron chi connectivity index (χ4n) is 3.90. The standard InChI is InChI=1S/C21H24N4/c1-21(2)14-24(13-17-11-18(22)5-8-20(17)21)12-16-3-6-19(7-4-16)25-10-9-23-15-25/h3-11,15H,12-14,22H2,1-2H3. The zero-order valence-electron chi connectivity index (χ0n) is 14.8. The van der Waals surface area contributed by atoms with E-state index >= 15 is 0 Å². The van der Waals surface area contributed by atoms with Crippen LogP contribution in [0.4, 0.5) is 5.69 Å². The van der Waals surface area contributed by atoms with Crippen LogP contribution in [0.25, 0.3) is 5.69 Å². The second-order valence-electron chi connectivity index (χ2n) is 7.58. The summed E-state index contributed by atoms with van der Waals surface area (Å²) >= 11 is 0. The van der Waals surface area contributed by atoms with E-state index in [-0.39, 0.29) is 5.41 Å². The molecule has 0 saturated carbocycles. The van der Waals surface area contributed by atoms with E-state index in [9.17, 15) is 0 Å². The number of hydrogen-bond donors (Lipinski definition) is 1. The van der Waals surface area contributed by atoms with Crippen molar-refractivity contribution in [3.63, 3.8) is 0 Å². The molecule has 3 aromatic rings. The van der Waals surface area contributed by atoms with Gasteiger partial charge in [0.2, 0.25) is 0 Å². The summed E-state index contributed by atoms with van der Waals surface area (Å²) in [5, 5.41) is 0. The van der Waals surface area contributed by atoms with E-state index in [1.165, 1.54) is 16.7 Å². The minimum atomic E-state index is 0.137. The van der Waals surface area contributed by atoms with Crippen LogP contribution in [-0.4, -0.2) is 21.0 Å². The minimum Gasteiger partial charge on any atom is -0.399 e. The van der Waals surface area contributed by atoms with Crippen LogP contribution in [-0.2, 0) is 18.5 Å². The lowest BCUT2D eigenvalue weighted by Crippen LogP contribution is -2.41. The van der Waals surface area contributed by atoms with E-state index < -0.39 is 0 Å². The SMILES string of the molecule is CC1(C)CN(Cc2ccc(-n3ccnc3)cc2)Cc2cc(N)ccc21. The Morgan fingerprint density at radius 1 is 1.12 bits per heavy atom. The molecule has 0 radical (unpaired) electrons. The second kappa shape index (κ2) is 6.05. The second-order valence-corrected chi connectivity index (χ2v) is 7.58. The van der Waals surface area contributed by atoms with E-state index in [0.717, 1.165) is 31.0 Å². The van der Waals surface area contributed by atoms with Gasteiger partial charge in [0.1, 0.15) is 0 Å². The summed E-state index contributed by atoms with van der Waals surface area (Å²) in [6.45, 7) is 7.58. The number of nitrogen functional groups attached to an aromatic ring is 1. The first-order valence-corrected chi connectivity index (χ1v) is 8.70. The Morgan fingerprint density at radius 2 is 1.92 bits per heavy atom. The summed E-state index contributed by atoms with van der Waals surface area (Å²) in [5.41, 5.74) is 12.2. The molecule has 0 unspecified atom stereocenters. The first-order valence-electron chi connectivity index (χ1n) is 8.70. The van der Waals surface area contributed by atoms with Crippen molar-refractivity contribution in [2.45, 2.75) is 32.4 Å². The summed E-state index contributed by atoms with van der Waals surface area (Å²) < 4.78 is 2.02. The van der Waals surface area contributed by atoms with Crippen molar-refractivity contribution in [2.75, 3.05) is 12.3 Å². The highest BCUT2D eigenvalue weighted by Gasteiger charge is 2.31. The highest BCUT2D eigenvalue weighted by molar-refractivity contribution is 5.48. The molecule has 128 valence electrons. The number of nitrogens with two attached hydrogens (primary N) is 1. The first kappa shape index (κ1) is 15.9. The molecule has 1 aliphatic rings. The quantitative estimate of drug-likeness (QED) is 0.743. The van der Waals surface area contributed by atoms with E-state index in [4.69, 9.17) is 5.73 Å². The van der Waals surface area contributed by atoms with Gasteiger partial charge >= 0.3 is 0 Å². The average Bonchev–Trinajstić information content (AvgIpc) is 3.09. The lowest BCUT2D eigenvalue weighted by Gasteiger charge is -2.40. The van der Waals surface area contributed by atoms with Crippen LogP contribution in [0, 0.1) is 0 Å². The van der Waals surface area contributed by atoms with Crippen LogP contribution in [0.1, 0.15) is 30.5 Å². The summed E-state index contributed by atoms with van der Waals surface area (Å²) in [7, 11) is 0. The van der Waals surface area contributed by atoms with Gasteiger partial charge in [0.25, 0.3) is 0 Å². The van der Waals surface area contributed by atoms with Gasteiger partial charge in [-0.1, -0.05) is 32.0 Å². The topological polar surface area (TPSA) is 47.1 Å². The van der Waals surface area contributed by atoms with Gasteiger partial charge < -0.3 is 10.3 Å². The molecule has 2 N–H and O–H groups in total. The van der Waals surface area contributed by atoms with Gasteiger partial charge in [-0.05, 0) is 41.0 Å². The number of anilines is 1. The van der Waals surface area contributed by atoms with Gasteiger partial charge in [-0.3, -0.25) is 4.90 Å². The van der Waals surface area contributed by atoms with Crippen molar-refractivity contribution in [3.05, 3.63) is 77.9 Å². The Balaban J connectivity index is 1.53. The zero-order chi connectivity index (χ0) is 17.4. The summed E-state index contributed by atoms with van der Waals surface area (Å²) in [4.78, 5) is 6.61. The van der Waals surface area contributed by atoms with E-state index in [0.29, 0.717) is 0 Å². The lowest BCUT2D eigenvalue weighted by atomic mass is 9.78. The molecule has 2 aromatic carbocycles. The van der Waals surface area contributed by atoms with E-state index in [1.54, 1.807) is 6.20 Å². The maximum atomic E-state index is 6.01. The molecule has 0 saturated heterocycles. The smallest absolute Gasteiger partial charge is 0.0991 e. The number of imidazole rings is 1. The molecule has 4 rings (SSSR count). The van der Waals surface area contributed by atoms with Crippen molar-refractivity contribution in [3.8, 4) is 5.69 Å². The molecule has 4 nitrogen and oxygen atoms in total. The predicted molar refractivity (Wildman–Crippen MR) is 102 cm³/mol. The van der Waals surface area contributed by atoms with Gasteiger partial charge in [0.05, 0.1) is 6.33 Å². The third-order valence-corrected chi connectivity index (χ3v) is 5.02. The van der Waals surface area contributed by atoms with Gasteiger partial charge in [-0.15, -0.1) is 0 Å². The van der Waals surface area contributed by atoms with Gasteiger partial charge in [0, 0.05) is 48.8 Å². The molecule has 4 heteroatoms. The van der Waals surface area contributed by atoms with Crippen LogP contribution in [0.2, 0.25) is 0 Å². The third kappa shape index (κ3) is 3.17. The van der Waals surface area contributed by atoms with Crippen molar-refractivity contribution < 1.29 is 0 Å². The number of aromatic nitrogens is 2. The molecule has 1 aromatic heterocycles. The Morgan fingerprint density at radius 3 is 2.64 bits per heavy atom. The van der Waals surface area contributed by atoms with Gasteiger partial charge in [0.15, 0.2) is 0 Å². The number of hydrogen-bond acceptors (Lipinski definition) is 3. The van der Waals surface area contributed by atoms with Crippen LogP contribution >= 0.6 is 0 Å². The van der Waals surface area contributed by atoms with Crippen molar-refractivity contribution in [1.82, 2.24) is 14.5 Å². The molecule has 0 atom stereocenters. The highest BCUT2D eigenvalue weighted by atomic mass is 15.1. The maximum Gasteiger partial charge on any atom is 0.0991 e. The van der Waals surface area contributed by atoms with E-state index in [2.05, 4.69) is 60.1 Å². The van der Waals surface area contributed by atoms with E-state index in [1.807, 2.05) is 23.2 Å². The Hall–Kier alpha value is -2.59. The summed E-state index contributed by atoms with van der Waals surface area (Å²) in [6, 6.07) is 15.1. The summed E-state index contributed by atoms with van der Waals surface area (Å²) in [5.74, 6) is 0. The Bertz CT molecular complexity index is 863. The van der Waals surface area contributed by atoms with Crippen molar-refractivity contribution in [1.29, 1.82) is 0 Å². The molecular weight excluding hydrogens is 308 g/mol. The normalized spacial score (nSPS) is 16.6. The van der Waals surface area contributed by atoms with Gasteiger partial charge in [-0.2, -0.15) is 0 Å². The zero-order valence-corrected chi connectivity index (χ0v) is 14.8. The maximum absolute atomic E-state index is 6.01. The van der Waals surface area contributed by atoms with Crippen LogP contribution < -0.4 is 5.73 Å². The van der Waals surface area contributed by atoms with Crippen LogP contribution in [0.15, 0.2) is 61.2 Å². The largest absolute Gasteiger partial charge is 0.399 e. The molecule has 25 heavy (non-hydrogen) atoms. The average molecular weight is 332 g/mol. The molecule has 0 bridgehead atoms. The third-order valence-electron chi connectivity index (χ3n) is 5.02. The monoisotopic (exact) mass is 332 g/mol.